The Hall–Kier alpha value is -0.610. The maximum absolute atomic E-state index is 12.1. The van der Waals surface area contributed by atoms with E-state index in [0.717, 1.165) is 38.8 Å². The summed E-state index contributed by atoms with van der Waals surface area (Å²) in [4.78, 5) is 12.1. The highest BCUT2D eigenvalue weighted by Gasteiger charge is 2.28. The third-order valence-corrected chi connectivity index (χ3v) is 4.00. The van der Waals surface area contributed by atoms with Crippen LogP contribution in [0.4, 0.5) is 0 Å². The van der Waals surface area contributed by atoms with Crippen LogP contribution in [0, 0.1) is 11.8 Å². The molecular weight excluding hydrogens is 216 g/mol. The summed E-state index contributed by atoms with van der Waals surface area (Å²) in [6.07, 6.45) is 6.51. The molecule has 0 bridgehead atoms. The molecule has 4 heteroatoms. The Kier molecular flexibility index (Phi) is 4.80. The van der Waals surface area contributed by atoms with Crippen molar-refractivity contribution in [1.82, 2.24) is 5.32 Å². The van der Waals surface area contributed by atoms with Crippen molar-refractivity contribution in [2.75, 3.05) is 19.8 Å². The van der Waals surface area contributed by atoms with Crippen LogP contribution in [-0.4, -0.2) is 31.7 Å². The average Bonchev–Trinajstić information content (AvgIpc) is 2.83. The first-order valence-corrected chi connectivity index (χ1v) is 6.87. The van der Waals surface area contributed by atoms with E-state index in [-0.39, 0.29) is 17.9 Å². The van der Waals surface area contributed by atoms with Crippen LogP contribution in [0.3, 0.4) is 0 Å². The lowest BCUT2D eigenvalue weighted by molar-refractivity contribution is -0.127. The van der Waals surface area contributed by atoms with Crippen molar-refractivity contribution in [3.8, 4) is 0 Å². The molecule has 2 aliphatic rings. The van der Waals surface area contributed by atoms with Gasteiger partial charge in [0, 0.05) is 12.5 Å². The molecule has 3 atom stereocenters. The number of amides is 1. The van der Waals surface area contributed by atoms with Crippen LogP contribution in [0.2, 0.25) is 0 Å². The molecule has 1 aliphatic carbocycles. The Labute approximate surface area is 103 Å². The summed E-state index contributed by atoms with van der Waals surface area (Å²) < 4.78 is 5.27. The zero-order chi connectivity index (χ0) is 12.1. The summed E-state index contributed by atoms with van der Waals surface area (Å²) in [7, 11) is 0. The minimum absolute atomic E-state index is 0.209. The molecule has 0 radical (unpaired) electrons. The van der Waals surface area contributed by atoms with E-state index in [0.29, 0.717) is 12.5 Å². The molecule has 1 saturated heterocycles. The van der Waals surface area contributed by atoms with Gasteiger partial charge >= 0.3 is 0 Å². The summed E-state index contributed by atoms with van der Waals surface area (Å²) in [6.45, 7) is 2.21. The van der Waals surface area contributed by atoms with Crippen molar-refractivity contribution in [2.45, 2.75) is 44.6 Å². The van der Waals surface area contributed by atoms with Crippen LogP contribution < -0.4 is 11.1 Å². The first-order chi connectivity index (χ1) is 8.29. The predicted octanol–water partition coefficient (Wildman–Crippen LogP) is 1.05. The second kappa shape index (κ2) is 6.36. The highest BCUT2D eigenvalue weighted by atomic mass is 16.5. The van der Waals surface area contributed by atoms with Gasteiger partial charge in [0.2, 0.25) is 5.91 Å². The van der Waals surface area contributed by atoms with Crippen molar-refractivity contribution < 1.29 is 9.53 Å². The molecule has 0 aromatic heterocycles. The first kappa shape index (κ1) is 12.8. The number of ether oxygens (including phenoxy) is 1. The molecule has 3 unspecified atom stereocenters. The molecule has 2 rings (SSSR count). The van der Waals surface area contributed by atoms with Crippen molar-refractivity contribution in [2.24, 2.45) is 17.6 Å². The van der Waals surface area contributed by atoms with Gasteiger partial charge in [-0.25, -0.2) is 0 Å². The zero-order valence-corrected chi connectivity index (χ0v) is 10.5. The summed E-state index contributed by atoms with van der Waals surface area (Å²) in [5, 5.41) is 3.12. The Balaban J connectivity index is 1.77. The minimum Gasteiger partial charge on any atom is -0.379 e. The lowest BCUT2D eigenvalue weighted by Crippen LogP contribution is -2.40. The topological polar surface area (TPSA) is 64.4 Å². The van der Waals surface area contributed by atoms with Crippen LogP contribution in [0.5, 0.6) is 0 Å². The van der Waals surface area contributed by atoms with E-state index in [9.17, 15) is 4.79 Å². The normalized spacial score (nSPS) is 33.6. The van der Waals surface area contributed by atoms with Crippen molar-refractivity contribution >= 4 is 5.91 Å². The molecule has 0 spiro atoms. The summed E-state index contributed by atoms with van der Waals surface area (Å²) >= 11 is 0. The Morgan fingerprint density at radius 1 is 1.35 bits per heavy atom. The van der Waals surface area contributed by atoms with E-state index in [1.165, 1.54) is 12.8 Å². The third kappa shape index (κ3) is 3.68. The quantitative estimate of drug-likeness (QED) is 0.772. The molecular formula is C13H24N2O2. The lowest BCUT2D eigenvalue weighted by Gasteiger charge is -2.28. The Bertz CT molecular complexity index is 250. The van der Waals surface area contributed by atoms with Gasteiger partial charge in [-0.3, -0.25) is 4.79 Å². The average molecular weight is 240 g/mol. The van der Waals surface area contributed by atoms with Crippen molar-refractivity contribution in [3.63, 3.8) is 0 Å². The van der Waals surface area contributed by atoms with Gasteiger partial charge in [-0.2, -0.15) is 0 Å². The summed E-state index contributed by atoms with van der Waals surface area (Å²) in [6, 6.07) is 0.248. The predicted molar refractivity (Wildman–Crippen MR) is 66.5 cm³/mol. The highest BCUT2D eigenvalue weighted by Crippen LogP contribution is 2.31. The van der Waals surface area contributed by atoms with Gasteiger partial charge in [0.15, 0.2) is 0 Å². The molecule has 3 N–H and O–H groups in total. The molecule has 0 aromatic carbocycles. The fraction of sp³-hybridized carbons (Fsp3) is 0.923. The molecule has 98 valence electrons. The maximum atomic E-state index is 12.1. The van der Waals surface area contributed by atoms with Gasteiger partial charge in [-0.05, 0) is 38.1 Å². The van der Waals surface area contributed by atoms with Gasteiger partial charge in [0.1, 0.15) is 0 Å². The van der Waals surface area contributed by atoms with Gasteiger partial charge in [-0.1, -0.05) is 12.8 Å². The van der Waals surface area contributed by atoms with E-state index in [1.807, 2.05) is 0 Å². The van der Waals surface area contributed by atoms with E-state index in [2.05, 4.69) is 5.32 Å². The summed E-state index contributed by atoms with van der Waals surface area (Å²) in [5.74, 6) is 1.10. The number of hydrogen-bond donors (Lipinski definition) is 2. The van der Waals surface area contributed by atoms with Crippen molar-refractivity contribution in [1.29, 1.82) is 0 Å². The second-order valence-electron chi connectivity index (χ2n) is 5.38. The fourth-order valence-electron chi connectivity index (χ4n) is 2.99. The Morgan fingerprint density at radius 2 is 2.24 bits per heavy atom. The standard InChI is InChI=1S/C13H24N2O2/c14-6-4-10-2-1-3-11(8-10)13(16)15-12-5-7-17-9-12/h10-12H,1-9,14H2,(H,15,16). The largest absolute Gasteiger partial charge is 0.379 e. The molecule has 1 saturated carbocycles. The van der Waals surface area contributed by atoms with Gasteiger partial charge in [-0.15, -0.1) is 0 Å². The monoisotopic (exact) mass is 240 g/mol. The van der Waals surface area contributed by atoms with Crippen molar-refractivity contribution in [3.05, 3.63) is 0 Å². The van der Waals surface area contributed by atoms with Crippen LogP contribution >= 0.6 is 0 Å². The maximum Gasteiger partial charge on any atom is 0.223 e. The van der Waals surface area contributed by atoms with E-state index >= 15 is 0 Å². The molecule has 17 heavy (non-hydrogen) atoms. The number of carbonyl (C=O) groups is 1. The highest BCUT2D eigenvalue weighted by molar-refractivity contribution is 5.79. The minimum atomic E-state index is 0.209. The van der Waals surface area contributed by atoms with E-state index in [1.54, 1.807) is 0 Å². The second-order valence-corrected chi connectivity index (χ2v) is 5.38. The number of nitrogens with one attached hydrogen (secondary N) is 1. The van der Waals surface area contributed by atoms with Crippen LogP contribution in [0.1, 0.15) is 38.5 Å². The number of rotatable bonds is 4. The molecule has 1 heterocycles. The van der Waals surface area contributed by atoms with Gasteiger partial charge in [0.05, 0.1) is 12.6 Å². The number of carbonyl (C=O) groups excluding carboxylic acids is 1. The smallest absolute Gasteiger partial charge is 0.223 e. The molecule has 0 aromatic rings. The van der Waals surface area contributed by atoms with Gasteiger partial charge < -0.3 is 15.8 Å². The molecule has 1 amide bonds. The van der Waals surface area contributed by atoms with Crippen LogP contribution in [0.15, 0.2) is 0 Å². The van der Waals surface area contributed by atoms with Gasteiger partial charge in [0.25, 0.3) is 0 Å². The Morgan fingerprint density at radius 3 is 2.94 bits per heavy atom. The first-order valence-electron chi connectivity index (χ1n) is 6.87. The fourth-order valence-corrected chi connectivity index (χ4v) is 2.99. The van der Waals surface area contributed by atoms with E-state index < -0.39 is 0 Å². The van der Waals surface area contributed by atoms with Crippen LogP contribution in [0.25, 0.3) is 0 Å². The summed E-state index contributed by atoms with van der Waals surface area (Å²) in [5.41, 5.74) is 5.60. The number of nitrogens with two attached hydrogens (primary N) is 1. The molecule has 2 fully saturated rings. The number of hydrogen-bond acceptors (Lipinski definition) is 3. The zero-order valence-electron chi connectivity index (χ0n) is 10.5. The molecule has 1 aliphatic heterocycles. The molecule has 4 nitrogen and oxygen atoms in total. The van der Waals surface area contributed by atoms with E-state index in [4.69, 9.17) is 10.5 Å². The lowest BCUT2D eigenvalue weighted by atomic mass is 9.79. The van der Waals surface area contributed by atoms with Crippen LogP contribution in [-0.2, 0) is 9.53 Å². The third-order valence-electron chi connectivity index (χ3n) is 4.00. The SMILES string of the molecule is NCCC1CCCC(C(=O)NC2CCOC2)C1.